The maximum absolute atomic E-state index is 12.8. The van der Waals surface area contributed by atoms with Crippen molar-refractivity contribution >= 4 is 21.6 Å². The van der Waals surface area contributed by atoms with Crippen LogP contribution in [0.4, 0.5) is 5.69 Å². The number of nitrogens with one attached hydrogen (secondary N) is 2. The van der Waals surface area contributed by atoms with Crippen molar-refractivity contribution < 1.29 is 23.1 Å². The smallest absolute Gasteiger partial charge is 0.255 e. The summed E-state index contributed by atoms with van der Waals surface area (Å²) in [5, 5.41) is 12.8. The quantitative estimate of drug-likeness (QED) is 0.619. The summed E-state index contributed by atoms with van der Waals surface area (Å²) in [6.45, 7) is 9.46. The first-order valence-electron chi connectivity index (χ1n) is 9.20. The molecule has 2 aromatic rings. The lowest BCUT2D eigenvalue weighted by Gasteiger charge is -2.20. The molecule has 0 unspecified atom stereocenters. The maximum Gasteiger partial charge on any atom is 0.255 e. The number of phenols is 1. The molecule has 29 heavy (non-hydrogen) atoms. The molecule has 7 nitrogen and oxygen atoms in total. The summed E-state index contributed by atoms with van der Waals surface area (Å²) in [5.74, 6) is -0.489. The SMILES string of the molecule is COc1ccc(C(=O)Nc2cc(C(C)(C)C)ccc2O)cc1S(=O)(=O)NC(C)C. The number of benzene rings is 2. The molecule has 158 valence electrons. The van der Waals surface area contributed by atoms with Crippen molar-refractivity contribution in [3.8, 4) is 11.5 Å². The minimum Gasteiger partial charge on any atom is -0.506 e. The van der Waals surface area contributed by atoms with E-state index in [1.54, 1.807) is 26.0 Å². The number of sulfonamides is 1. The van der Waals surface area contributed by atoms with Gasteiger partial charge in [-0.2, -0.15) is 0 Å². The zero-order chi connectivity index (χ0) is 22.0. The molecule has 3 N–H and O–H groups in total. The lowest BCUT2D eigenvalue weighted by Crippen LogP contribution is -2.30. The van der Waals surface area contributed by atoms with Gasteiger partial charge in [0.1, 0.15) is 16.4 Å². The molecule has 0 bridgehead atoms. The van der Waals surface area contributed by atoms with Crippen LogP contribution in [0.1, 0.15) is 50.5 Å². The van der Waals surface area contributed by atoms with E-state index in [1.165, 1.54) is 31.4 Å². The van der Waals surface area contributed by atoms with E-state index in [-0.39, 0.29) is 39.1 Å². The number of rotatable bonds is 6. The van der Waals surface area contributed by atoms with E-state index in [0.717, 1.165) is 5.56 Å². The molecule has 2 rings (SSSR count). The molecule has 0 aliphatic carbocycles. The van der Waals surface area contributed by atoms with Crippen molar-refractivity contribution in [2.45, 2.75) is 51.0 Å². The van der Waals surface area contributed by atoms with Gasteiger partial charge >= 0.3 is 0 Å². The van der Waals surface area contributed by atoms with E-state index in [1.807, 2.05) is 20.8 Å². The van der Waals surface area contributed by atoms with E-state index < -0.39 is 15.9 Å². The second-order valence-electron chi connectivity index (χ2n) is 8.08. The van der Waals surface area contributed by atoms with Gasteiger partial charge in [0.15, 0.2) is 0 Å². The van der Waals surface area contributed by atoms with Gasteiger partial charge in [0.2, 0.25) is 10.0 Å². The molecule has 0 aliphatic heterocycles. The first-order chi connectivity index (χ1) is 13.3. The number of anilines is 1. The van der Waals surface area contributed by atoms with E-state index in [2.05, 4.69) is 10.0 Å². The summed E-state index contributed by atoms with van der Waals surface area (Å²) in [5.41, 5.74) is 1.14. The lowest BCUT2D eigenvalue weighted by molar-refractivity contribution is 0.102. The van der Waals surface area contributed by atoms with Crippen molar-refractivity contribution in [1.29, 1.82) is 0 Å². The third-order valence-electron chi connectivity index (χ3n) is 4.22. The molecule has 0 fully saturated rings. The highest BCUT2D eigenvalue weighted by molar-refractivity contribution is 7.89. The largest absolute Gasteiger partial charge is 0.506 e. The van der Waals surface area contributed by atoms with Crippen LogP contribution in [0.3, 0.4) is 0 Å². The maximum atomic E-state index is 12.8. The average Bonchev–Trinajstić information content (AvgIpc) is 2.60. The van der Waals surface area contributed by atoms with E-state index in [4.69, 9.17) is 4.74 Å². The zero-order valence-corrected chi connectivity index (χ0v) is 18.3. The van der Waals surface area contributed by atoms with Crippen molar-refractivity contribution in [3.63, 3.8) is 0 Å². The van der Waals surface area contributed by atoms with Gasteiger partial charge in [0.05, 0.1) is 12.8 Å². The van der Waals surface area contributed by atoms with Crippen molar-refractivity contribution in [1.82, 2.24) is 4.72 Å². The molecule has 0 heterocycles. The molecule has 0 aromatic heterocycles. The fourth-order valence-corrected chi connectivity index (χ4v) is 4.14. The Morgan fingerprint density at radius 2 is 1.76 bits per heavy atom. The minimum absolute atomic E-state index is 0.0748. The van der Waals surface area contributed by atoms with E-state index in [9.17, 15) is 18.3 Å². The van der Waals surface area contributed by atoms with Crippen LogP contribution in [0.5, 0.6) is 11.5 Å². The third-order valence-corrected chi connectivity index (χ3v) is 5.90. The van der Waals surface area contributed by atoms with Gasteiger partial charge in [-0.3, -0.25) is 4.79 Å². The lowest BCUT2D eigenvalue weighted by atomic mass is 9.87. The normalized spacial score (nSPS) is 12.1. The third kappa shape index (κ3) is 5.48. The molecule has 8 heteroatoms. The molecule has 2 aromatic carbocycles. The molecule has 0 saturated heterocycles. The van der Waals surface area contributed by atoms with Crippen molar-refractivity contribution in [2.75, 3.05) is 12.4 Å². The Hall–Kier alpha value is -2.58. The Labute approximate surface area is 172 Å². The van der Waals surface area contributed by atoms with Crippen LogP contribution in [-0.2, 0) is 15.4 Å². The Bertz CT molecular complexity index is 1010. The first kappa shape index (κ1) is 22.7. The predicted octanol–water partition coefficient (Wildman–Crippen LogP) is 3.64. The van der Waals surface area contributed by atoms with Gasteiger partial charge in [-0.1, -0.05) is 26.8 Å². The van der Waals surface area contributed by atoms with Crippen molar-refractivity contribution in [2.24, 2.45) is 0 Å². The molecular weight excluding hydrogens is 392 g/mol. The molecular formula is C21H28N2O5S. The minimum atomic E-state index is -3.87. The number of aromatic hydroxyl groups is 1. The monoisotopic (exact) mass is 420 g/mol. The molecule has 0 atom stereocenters. The summed E-state index contributed by atoms with van der Waals surface area (Å²) < 4.78 is 32.8. The van der Waals surface area contributed by atoms with Crippen molar-refractivity contribution in [3.05, 3.63) is 47.5 Å². The first-order valence-corrected chi connectivity index (χ1v) is 10.7. The summed E-state index contributed by atoms with van der Waals surface area (Å²) in [6.07, 6.45) is 0. The summed E-state index contributed by atoms with van der Waals surface area (Å²) in [4.78, 5) is 12.6. The van der Waals surface area contributed by atoms with Crippen LogP contribution in [0, 0.1) is 0 Å². The number of hydrogen-bond donors (Lipinski definition) is 3. The number of hydrogen-bond acceptors (Lipinski definition) is 5. The topological polar surface area (TPSA) is 105 Å². The highest BCUT2D eigenvalue weighted by Gasteiger charge is 2.23. The fourth-order valence-electron chi connectivity index (χ4n) is 2.70. The van der Waals surface area contributed by atoms with Crippen LogP contribution in [0.25, 0.3) is 0 Å². The van der Waals surface area contributed by atoms with Crippen LogP contribution < -0.4 is 14.8 Å². The average molecular weight is 421 g/mol. The zero-order valence-electron chi connectivity index (χ0n) is 17.5. The van der Waals surface area contributed by atoms with E-state index >= 15 is 0 Å². The number of phenolic OH excluding ortho intramolecular Hbond substituents is 1. The number of ether oxygens (including phenoxy) is 1. The van der Waals surface area contributed by atoms with E-state index in [0.29, 0.717) is 0 Å². The molecule has 0 radical (unpaired) electrons. The van der Waals surface area contributed by atoms with Crippen LogP contribution >= 0.6 is 0 Å². The van der Waals surface area contributed by atoms with Crippen LogP contribution in [0.2, 0.25) is 0 Å². The second-order valence-corrected chi connectivity index (χ2v) is 9.76. The highest BCUT2D eigenvalue weighted by atomic mass is 32.2. The molecule has 0 spiro atoms. The van der Waals surface area contributed by atoms with Gasteiger partial charge in [-0.15, -0.1) is 0 Å². The summed E-state index contributed by atoms with van der Waals surface area (Å²) in [7, 11) is -2.51. The summed E-state index contributed by atoms with van der Waals surface area (Å²) in [6, 6.07) is 8.84. The Morgan fingerprint density at radius 1 is 1.10 bits per heavy atom. The number of methoxy groups -OCH3 is 1. The predicted molar refractivity (Wildman–Crippen MR) is 113 cm³/mol. The van der Waals surface area contributed by atoms with Gasteiger partial charge in [0.25, 0.3) is 5.91 Å². The Balaban J connectivity index is 2.41. The number of carbonyl (C=O) groups is 1. The van der Waals surface area contributed by atoms with Gasteiger partial charge < -0.3 is 15.2 Å². The van der Waals surface area contributed by atoms with Crippen LogP contribution in [-0.4, -0.2) is 32.6 Å². The molecule has 0 aliphatic rings. The molecule has 0 saturated carbocycles. The number of amides is 1. The van der Waals surface area contributed by atoms with Gasteiger partial charge in [0, 0.05) is 11.6 Å². The highest BCUT2D eigenvalue weighted by Crippen LogP contribution is 2.31. The Morgan fingerprint density at radius 3 is 2.31 bits per heavy atom. The fraction of sp³-hybridized carbons (Fsp3) is 0.381. The molecule has 1 amide bonds. The Kier molecular flexibility index (Phi) is 6.60. The standard InChI is InChI=1S/C21H28N2O5S/c1-13(2)23-29(26,27)19-11-14(7-10-18(19)28-6)20(25)22-16-12-15(21(3,4)5)8-9-17(16)24/h7-13,23-24H,1-6H3,(H,22,25). The second kappa shape index (κ2) is 8.42. The van der Waals surface area contributed by atoms with Gasteiger partial charge in [-0.25, -0.2) is 13.1 Å². The summed E-state index contributed by atoms with van der Waals surface area (Å²) >= 11 is 0. The number of carbonyl (C=O) groups excluding carboxylic acids is 1. The van der Waals surface area contributed by atoms with Gasteiger partial charge in [-0.05, 0) is 55.2 Å². The van der Waals surface area contributed by atoms with Crippen LogP contribution in [0.15, 0.2) is 41.3 Å².